The number of carbonyl (C=O) groups excluding carboxylic acids is 1. The molecule has 0 radical (unpaired) electrons. The van der Waals surface area contributed by atoms with E-state index >= 15 is 0 Å². The third-order valence-corrected chi connectivity index (χ3v) is 4.42. The number of hydrogen-bond acceptors (Lipinski definition) is 4. The van der Waals surface area contributed by atoms with Crippen molar-refractivity contribution in [1.29, 1.82) is 0 Å². The van der Waals surface area contributed by atoms with Crippen molar-refractivity contribution < 1.29 is 13.2 Å². The summed E-state index contributed by atoms with van der Waals surface area (Å²) in [6, 6.07) is 7.85. The number of hydrogen-bond donors (Lipinski definition) is 1. The summed E-state index contributed by atoms with van der Waals surface area (Å²) in [7, 11) is 0.385. The third-order valence-electron chi connectivity index (χ3n) is 3.18. The molecule has 0 fully saturated rings. The number of para-hydroxylation sites is 1. The fourth-order valence-corrected chi connectivity index (χ4v) is 3.31. The topological polar surface area (TPSA) is 69.7 Å². The van der Waals surface area contributed by atoms with Gasteiger partial charge >= 0.3 is 0 Å². The minimum atomic E-state index is -3.54. The molecule has 1 unspecified atom stereocenters. The summed E-state index contributed by atoms with van der Waals surface area (Å²) >= 11 is 0. The second-order valence-electron chi connectivity index (χ2n) is 5.52. The van der Waals surface area contributed by atoms with E-state index in [1.165, 1.54) is 0 Å². The predicted octanol–water partition coefficient (Wildman–Crippen LogP) is 0.909. The first-order valence-electron chi connectivity index (χ1n) is 7.20. The first-order valence-corrected chi connectivity index (χ1v) is 9.05. The monoisotopic (exact) mass is 327 g/mol. The quantitative estimate of drug-likeness (QED) is 0.721. The van der Waals surface area contributed by atoms with E-state index in [2.05, 4.69) is 5.32 Å². The van der Waals surface area contributed by atoms with Gasteiger partial charge in [-0.25, -0.2) is 8.42 Å². The molecule has 0 aliphatic rings. The van der Waals surface area contributed by atoms with Crippen LogP contribution in [0.3, 0.4) is 0 Å². The van der Waals surface area contributed by atoms with Crippen molar-refractivity contribution in [2.45, 2.75) is 19.4 Å². The average molecular weight is 327 g/mol. The molecule has 0 saturated heterocycles. The highest BCUT2D eigenvalue weighted by Crippen LogP contribution is 2.20. The lowest BCUT2D eigenvalue weighted by atomic mass is 10.2. The lowest BCUT2D eigenvalue weighted by Crippen LogP contribution is -2.48. The second kappa shape index (κ2) is 8.14. The average Bonchev–Trinajstić information content (AvgIpc) is 2.42. The number of rotatable bonds is 8. The van der Waals surface area contributed by atoms with Crippen molar-refractivity contribution in [3.63, 3.8) is 0 Å². The van der Waals surface area contributed by atoms with Gasteiger partial charge in [-0.2, -0.15) is 0 Å². The second-order valence-corrected chi connectivity index (χ2v) is 7.38. The molecule has 124 valence electrons. The van der Waals surface area contributed by atoms with Crippen LogP contribution in [0, 0.1) is 0 Å². The number of benzene rings is 1. The van der Waals surface area contributed by atoms with Crippen LogP contribution < -0.4 is 9.62 Å². The Hall–Kier alpha value is -1.60. The van der Waals surface area contributed by atoms with E-state index in [1.807, 2.05) is 19.0 Å². The molecule has 1 N–H and O–H groups in total. The zero-order chi connectivity index (χ0) is 16.8. The molecule has 22 heavy (non-hydrogen) atoms. The Morgan fingerprint density at radius 1 is 1.23 bits per heavy atom. The van der Waals surface area contributed by atoms with Crippen LogP contribution >= 0.6 is 0 Å². The standard InChI is InChI=1S/C15H25N3O3S/c1-13(15(19)16-11-8-12-17(2)3)18(22(4,20)21)14-9-6-5-7-10-14/h5-7,9-10,13H,8,11-12H2,1-4H3,(H,16,19). The number of carbonyl (C=O) groups is 1. The van der Waals surface area contributed by atoms with E-state index < -0.39 is 16.1 Å². The summed E-state index contributed by atoms with van der Waals surface area (Å²) in [5.74, 6) is -0.298. The van der Waals surface area contributed by atoms with E-state index in [0.717, 1.165) is 23.5 Å². The largest absolute Gasteiger partial charge is 0.354 e. The number of nitrogens with one attached hydrogen (secondary N) is 1. The van der Waals surface area contributed by atoms with Gasteiger partial charge in [0.25, 0.3) is 0 Å². The Morgan fingerprint density at radius 3 is 2.32 bits per heavy atom. The van der Waals surface area contributed by atoms with E-state index in [4.69, 9.17) is 0 Å². The van der Waals surface area contributed by atoms with Crippen LogP contribution in [0.15, 0.2) is 30.3 Å². The maximum Gasteiger partial charge on any atom is 0.243 e. The zero-order valence-corrected chi connectivity index (χ0v) is 14.4. The van der Waals surface area contributed by atoms with Crippen LogP contribution in [0.1, 0.15) is 13.3 Å². The highest BCUT2D eigenvalue weighted by Gasteiger charge is 2.28. The maximum atomic E-state index is 12.2. The smallest absolute Gasteiger partial charge is 0.243 e. The maximum absolute atomic E-state index is 12.2. The van der Waals surface area contributed by atoms with Crippen molar-refractivity contribution in [2.75, 3.05) is 37.7 Å². The van der Waals surface area contributed by atoms with Gasteiger partial charge in [-0.05, 0) is 46.1 Å². The predicted molar refractivity (Wildman–Crippen MR) is 89.4 cm³/mol. The molecule has 0 aliphatic heterocycles. The van der Waals surface area contributed by atoms with Gasteiger partial charge in [0, 0.05) is 6.54 Å². The molecule has 0 bridgehead atoms. The number of amides is 1. The van der Waals surface area contributed by atoms with Crippen molar-refractivity contribution in [2.24, 2.45) is 0 Å². The lowest BCUT2D eigenvalue weighted by Gasteiger charge is -2.28. The number of anilines is 1. The highest BCUT2D eigenvalue weighted by atomic mass is 32.2. The minimum absolute atomic E-state index is 0.298. The zero-order valence-electron chi connectivity index (χ0n) is 13.6. The number of sulfonamides is 1. The summed E-state index contributed by atoms with van der Waals surface area (Å²) in [5, 5.41) is 2.79. The summed E-state index contributed by atoms with van der Waals surface area (Å²) in [5.41, 5.74) is 0.487. The van der Waals surface area contributed by atoms with Crippen LogP contribution in [0.4, 0.5) is 5.69 Å². The van der Waals surface area contributed by atoms with E-state index in [-0.39, 0.29) is 5.91 Å². The fourth-order valence-electron chi connectivity index (χ4n) is 2.14. The van der Waals surface area contributed by atoms with E-state index in [9.17, 15) is 13.2 Å². The van der Waals surface area contributed by atoms with Gasteiger partial charge < -0.3 is 10.2 Å². The van der Waals surface area contributed by atoms with Gasteiger partial charge in [0.2, 0.25) is 15.9 Å². The molecule has 0 aromatic heterocycles. The van der Waals surface area contributed by atoms with Crippen molar-refractivity contribution in [3.8, 4) is 0 Å². The Balaban J connectivity index is 2.77. The normalized spacial score (nSPS) is 13.0. The van der Waals surface area contributed by atoms with Crippen LogP contribution in [0.2, 0.25) is 0 Å². The molecular weight excluding hydrogens is 302 g/mol. The first-order chi connectivity index (χ1) is 10.2. The molecule has 0 spiro atoms. The van der Waals surface area contributed by atoms with Crippen LogP contribution in [-0.4, -0.2) is 58.7 Å². The fraction of sp³-hybridized carbons (Fsp3) is 0.533. The molecule has 7 heteroatoms. The molecule has 0 saturated carbocycles. The SMILES string of the molecule is CC(C(=O)NCCCN(C)C)N(c1ccccc1)S(C)(=O)=O. The molecule has 1 atom stereocenters. The first kappa shape index (κ1) is 18.4. The summed E-state index contributed by atoms with van der Waals surface area (Å²) in [6.07, 6.45) is 1.92. The van der Waals surface area contributed by atoms with Crippen molar-refractivity contribution >= 4 is 21.6 Å². The van der Waals surface area contributed by atoms with Crippen molar-refractivity contribution in [1.82, 2.24) is 10.2 Å². The van der Waals surface area contributed by atoms with Gasteiger partial charge in [-0.15, -0.1) is 0 Å². The Bertz CT molecular complexity index is 573. The van der Waals surface area contributed by atoms with E-state index in [1.54, 1.807) is 37.3 Å². The Labute approximate surface area is 133 Å². The summed E-state index contributed by atoms with van der Waals surface area (Å²) in [4.78, 5) is 14.2. The third kappa shape index (κ3) is 5.65. The van der Waals surface area contributed by atoms with Gasteiger partial charge in [0.1, 0.15) is 6.04 Å². The minimum Gasteiger partial charge on any atom is -0.354 e. The molecule has 1 rings (SSSR count). The summed E-state index contributed by atoms with van der Waals surface area (Å²) in [6.45, 7) is 2.98. The van der Waals surface area contributed by atoms with Crippen LogP contribution in [0.25, 0.3) is 0 Å². The van der Waals surface area contributed by atoms with Gasteiger partial charge in [0.05, 0.1) is 11.9 Å². The van der Waals surface area contributed by atoms with Gasteiger partial charge in [0.15, 0.2) is 0 Å². The lowest BCUT2D eigenvalue weighted by molar-refractivity contribution is -0.121. The molecule has 1 aromatic rings. The molecule has 1 aromatic carbocycles. The van der Waals surface area contributed by atoms with E-state index in [0.29, 0.717) is 12.2 Å². The molecule has 0 heterocycles. The molecular formula is C15H25N3O3S. The molecule has 0 aliphatic carbocycles. The Kier molecular flexibility index (Phi) is 6.83. The van der Waals surface area contributed by atoms with Crippen LogP contribution in [-0.2, 0) is 14.8 Å². The number of nitrogens with zero attached hydrogens (tertiary/aromatic N) is 2. The van der Waals surface area contributed by atoms with Gasteiger partial charge in [-0.3, -0.25) is 9.10 Å². The van der Waals surface area contributed by atoms with Crippen LogP contribution in [0.5, 0.6) is 0 Å². The molecule has 6 nitrogen and oxygen atoms in total. The summed E-state index contributed by atoms with van der Waals surface area (Å²) < 4.78 is 25.2. The molecule has 1 amide bonds. The van der Waals surface area contributed by atoms with Crippen molar-refractivity contribution in [3.05, 3.63) is 30.3 Å². The Morgan fingerprint density at radius 2 is 1.82 bits per heavy atom. The highest BCUT2D eigenvalue weighted by molar-refractivity contribution is 7.92. The van der Waals surface area contributed by atoms with Gasteiger partial charge in [-0.1, -0.05) is 18.2 Å².